The van der Waals surface area contributed by atoms with Crippen LogP contribution in [0, 0.1) is 0 Å². The Kier molecular flexibility index (Phi) is 4.69. The highest BCUT2D eigenvalue weighted by atomic mass is 35.5. The summed E-state index contributed by atoms with van der Waals surface area (Å²) in [5, 5.41) is 7.86. The highest BCUT2D eigenvalue weighted by Gasteiger charge is 2.15. The van der Waals surface area contributed by atoms with Gasteiger partial charge in [-0.15, -0.1) is 0 Å². The second-order valence-electron chi connectivity index (χ2n) is 4.91. The molecule has 1 aliphatic heterocycles. The largest absolute Gasteiger partial charge is 0.381 e. The molecule has 2 atom stereocenters. The van der Waals surface area contributed by atoms with Crippen LogP contribution < -0.4 is 10.6 Å². The first-order valence-corrected chi connectivity index (χ1v) is 6.88. The van der Waals surface area contributed by atoms with Crippen molar-refractivity contribution in [3.63, 3.8) is 0 Å². The quantitative estimate of drug-likeness (QED) is 0.854. The fourth-order valence-corrected chi connectivity index (χ4v) is 2.64. The van der Waals surface area contributed by atoms with E-state index in [9.17, 15) is 0 Å². The van der Waals surface area contributed by atoms with Gasteiger partial charge in [-0.05, 0) is 44.9 Å². The lowest BCUT2D eigenvalue weighted by atomic mass is 9.99. The highest BCUT2D eigenvalue weighted by molar-refractivity contribution is 6.33. The van der Waals surface area contributed by atoms with Gasteiger partial charge in [0.1, 0.15) is 0 Å². The number of anilines is 1. The molecule has 0 saturated carbocycles. The summed E-state index contributed by atoms with van der Waals surface area (Å²) in [5.74, 6) is 0. The zero-order valence-electron chi connectivity index (χ0n) is 10.4. The van der Waals surface area contributed by atoms with Crippen LogP contribution in [-0.2, 0) is 0 Å². The van der Waals surface area contributed by atoms with Crippen LogP contribution in [0.1, 0.15) is 32.6 Å². The number of hydrogen-bond acceptors (Lipinski definition) is 2. The van der Waals surface area contributed by atoms with E-state index < -0.39 is 0 Å². The van der Waals surface area contributed by atoms with Crippen molar-refractivity contribution in [3.8, 4) is 0 Å². The van der Waals surface area contributed by atoms with E-state index in [2.05, 4.69) is 17.6 Å². The van der Waals surface area contributed by atoms with Crippen molar-refractivity contribution in [1.29, 1.82) is 0 Å². The molecule has 0 aliphatic carbocycles. The molecule has 3 heteroatoms. The maximum atomic E-state index is 6.13. The second kappa shape index (κ2) is 6.27. The second-order valence-corrected chi connectivity index (χ2v) is 5.31. The molecule has 0 amide bonds. The molecule has 1 aliphatic rings. The van der Waals surface area contributed by atoms with Gasteiger partial charge in [-0.25, -0.2) is 0 Å². The molecule has 1 aromatic rings. The maximum Gasteiger partial charge on any atom is 0.0637 e. The van der Waals surface area contributed by atoms with E-state index in [0.29, 0.717) is 12.1 Å². The Balaban J connectivity index is 1.84. The van der Waals surface area contributed by atoms with Crippen LogP contribution >= 0.6 is 11.6 Å². The van der Waals surface area contributed by atoms with E-state index in [1.165, 1.54) is 25.8 Å². The SMILES string of the molecule is CC(CC1CCCCN1)Nc1ccccc1Cl. The van der Waals surface area contributed by atoms with E-state index in [1.54, 1.807) is 0 Å². The van der Waals surface area contributed by atoms with Gasteiger partial charge in [0.05, 0.1) is 10.7 Å². The van der Waals surface area contributed by atoms with Crippen molar-refractivity contribution in [2.45, 2.75) is 44.7 Å². The number of hydrogen-bond donors (Lipinski definition) is 2. The molecule has 17 heavy (non-hydrogen) atoms. The maximum absolute atomic E-state index is 6.13. The van der Waals surface area contributed by atoms with Crippen LogP contribution in [0.2, 0.25) is 5.02 Å². The van der Waals surface area contributed by atoms with Crippen LogP contribution in [0.4, 0.5) is 5.69 Å². The Morgan fingerprint density at radius 2 is 2.24 bits per heavy atom. The Morgan fingerprint density at radius 3 is 2.94 bits per heavy atom. The third kappa shape index (κ3) is 3.90. The molecular weight excluding hydrogens is 232 g/mol. The minimum Gasteiger partial charge on any atom is -0.381 e. The minimum absolute atomic E-state index is 0.450. The lowest BCUT2D eigenvalue weighted by Crippen LogP contribution is -2.37. The monoisotopic (exact) mass is 252 g/mol. The zero-order valence-corrected chi connectivity index (χ0v) is 11.1. The van der Waals surface area contributed by atoms with Crippen molar-refractivity contribution >= 4 is 17.3 Å². The van der Waals surface area contributed by atoms with Gasteiger partial charge in [-0.1, -0.05) is 30.2 Å². The molecule has 2 nitrogen and oxygen atoms in total. The van der Waals surface area contributed by atoms with E-state index in [0.717, 1.165) is 17.1 Å². The highest BCUT2D eigenvalue weighted by Crippen LogP contribution is 2.22. The molecule has 2 N–H and O–H groups in total. The standard InChI is InChI=1S/C14H21ClN2/c1-11(10-12-6-4-5-9-16-12)17-14-8-3-2-7-13(14)15/h2-3,7-8,11-12,16-17H,4-6,9-10H2,1H3. The van der Waals surface area contributed by atoms with Gasteiger partial charge in [0.2, 0.25) is 0 Å². The first-order chi connectivity index (χ1) is 8.25. The molecule has 0 aromatic heterocycles. The average molecular weight is 253 g/mol. The van der Waals surface area contributed by atoms with E-state index >= 15 is 0 Å². The number of halogens is 1. The summed E-state index contributed by atoms with van der Waals surface area (Å²) < 4.78 is 0. The normalized spacial score (nSPS) is 22.1. The molecule has 94 valence electrons. The lowest BCUT2D eigenvalue weighted by molar-refractivity contribution is 0.371. The van der Waals surface area contributed by atoms with Crippen LogP contribution in [0.3, 0.4) is 0 Å². The predicted octanol–water partition coefficient (Wildman–Crippen LogP) is 3.67. The topological polar surface area (TPSA) is 24.1 Å². The molecule has 2 unspecified atom stereocenters. The van der Waals surface area contributed by atoms with Gasteiger partial charge in [0.25, 0.3) is 0 Å². The number of nitrogens with one attached hydrogen (secondary N) is 2. The third-order valence-electron chi connectivity index (χ3n) is 3.33. The summed E-state index contributed by atoms with van der Waals surface area (Å²) in [4.78, 5) is 0. The lowest BCUT2D eigenvalue weighted by Gasteiger charge is -2.27. The summed E-state index contributed by atoms with van der Waals surface area (Å²) in [5.41, 5.74) is 1.04. The number of piperidine rings is 1. The molecule has 1 heterocycles. The van der Waals surface area contributed by atoms with Crippen LogP contribution in [0.15, 0.2) is 24.3 Å². The molecule has 0 radical (unpaired) electrons. The van der Waals surface area contributed by atoms with Crippen molar-refractivity contribution in [2.75, 3.05) is 11.9 Å². The molecule has 1 aromatic carbocycles. The summed E-state index contributed by atoms with van der Waals surface area (Å²) in [6.45, 7) is 3.39. The van der Waals surface area contributed by atoms with Gasteiger partial charge >= 0.3 is 0 Å². The number of para-hydroxylation sites is 1. The van der Waals surface area contributed by atoms with Gasteiger partial charge < -0.3 is 10.6 Å². The molecule has 1 fully saturated rings. The van der Waals surface area contributed by atoms with Crippen molar-refractivity contribution in [2.24, 2.45) is 0 Å². The van der Waals surface area contributed by atoms with Crippen LogP contribution in [-0.4, -0.2) is 18.6 Å². The minimum atomic E-state index is 0.450. The fraction of sp³-hybridized carbons (Fsp3) is 0.571. The van der Waals surface area contributed by atoms with E-state index in [-0.39, 0.29) is 0 Å². The number of rotatable bonds is 4. The number of benzene rings is 1. The van der Waals surface area contributed by atoms with Gasteiger partial charge in [-0.2, -0.15) is 0 Å². The van der Waals surface area contributed by atoms with Gasteiger partial charge in [0.15, 0.2) is 0 Å². The first kappa shape index (κ1) is 12.7. The van der Waals surface area contributed by atoms with Crippen molar-refractivity contribution < 1.29 is 0 Å². The van der Waals surface area contributed by atoms with Crippen molar-refractivity contribution in [1.82, 2.24) is 5.32 Å². The third-order valence-corrected chi connectivity index (χ3v) is 3.66. The summed E-state index contributed by atoms with van der Waals surface area (Å²) in [7, 11) is 0. The smallest absolute Gasteiger partial charge is 0.0637 e. The Labute approximate surface area is 109 Å². The Hall–Kier alpha value is -0.730. The molecule has 2 rings (SSSR count). The molecular formula is C14H21ClN2. The Bertz CT molecular complexity index is 348. The first-order valence-electron chi connectivity index (χ1n) is 6.50. The van der Waals surface area contributed by atoms with Gasteiger partial charge in [-0.3, -0.25) is 0 Å². The Morgan fingerprint density at radius 1 is 1.41 bits per heavy atom. The van der Waals surface area contributed by atoms with Crippen LogP contribution in [0.25, 0.3) is 0 Å². The molecule has 0 spiro atoms. The van der Waals surface area contributed by atoms with Crippen LogP contribution in [0.5, 0.6) is 0 Å². The predicted molar refractivity (Wildman–Crippen MR) is 74.8 cm³/mol. The fourth-order valence-electron chi connectivity index (χ4n) is 2.45. The van der Waals surface area contributed by atoms with Crippen molar-refractivity contribution in [3.05, 3.63) is 29.3 Å². The van der Waals surface area contributed by atoms with Gasteiger partial charge in [0, 0.05) is 12.1 Å². The van der Waals surface area contributed by atoms with E-state index in [1.807, 2.05) is 24.3 Å². The molecule has 1 saturated heterocycles. The zero-order chi connectivity index (χ0) is 12.1. The van der Waals surface area contributed by atoms with E-state index in [4.69, 9.17) is 11.6 Å². The summed E-state index contributed by atoms with van der Waals surface area (Å²) in [6, 6.07) is 9.04. The summed E-state index contributed by atoms with van der Waals surface area (Å²) >= 11 is 6.13. The molecule has 0 bridgehead atoms. The average Bonchev–Trinajstić information content (AvgIpc) is 2.33. The summed E-state index contributed by atoms with van der Waals surface area (Å²) in [6.07, 6.45) is 5.14.